The molecule has 0 radical (unpaired) electrons. The first-order chi connectivity index (χ1) is 16.4. The molecule has 0 spiro atoms. The second-order valence-electron chi connectivity index (χ2n) is 8.01. The number of aromatic nitrogens is 2. The van der Waals surface area contributed by atoms with Crippen LogP contribution in [0.2, 0.25) is 0 Å². The van der Waals surface area contributed by atoms with E-state index in [4.69, 9.17) is 0 Å². The Balaban J connectivity index is 0.00000158. The van der Waals surface area contributed by atoms with Gasteiger partial charge < -0.3 is 9.55 Å². The van der Waals surface area contributed by atoms with Gasteiger partial charge in [0.25, 0.3) is 0 Å². The summed E-state index contributed by atoms with van der Waals surface area (Å²) in [4.78, 5) is 19.5. The van der Waals surface area contributed by atoms with Gasteiger partial charge in [0, 0.05) is 33.6 Å². The minimum atomic E-state index is -3.12. The molecule has 0 amide bonds. The second-order valence-corrected chi connectivity index (χ2v) is 10.8. The Morgan fingerprint density at radius 2 is 1.35 bits per heavy atom. The second kappa shape index (κ2) is 11.2. The Hall–Kier alpha value is -3.30. The normalized spacial score (nSPS) is 11.1. The van der Waals surface area contributed by atoms with Crippen molar-refractivity contribution in [2.24, 2.45) is 0 Å². The molecule has 176 valence electrons. The van der Waals surface area contributed by atoms with E-state index in [-0.39, 0.29) is 17.9 Å². The summed E-state index contributed by atoms with van der Waals surface area (Å²) in [5.74, 6) is -0.400. The zero-order chi connectivity index (χ0) is 24.7. The molecule has 0 unspecified atom stereocenters. The van der Waals surface area contributed by atoms with E-state index in [2.05, 4.69) is 9.97 Å². The molecule has 0 aliphatic carbocycles. The fraction of sp³-hybridized carbons (Fsp3) is 0.214. The molecule has 0 aliphatic rings. The summed E-state index contributed by atoms with van der Waals surface area (Å²) in [6.45, 7) is 7.94. The summed E-state index contributed by atoms with van der Waals surface area (Å²) in [5.41, 5.74) is 1.97. The molecule has 4 nitrogen and oxygen atoms in total. The highest BCUT2D eigenvalue weighted by Gasteiger charge is 2.31. The van der Waals surface area contributed by atoms with Gasteiger partial charge in [-0.25, -0.2) is 9.18 Å². The Morgan fingerprint density at radius 3 is 1.82 bits per heavy atom. The van der Waals surface area contributed by atoms with Gasteiger partial charge in [-0.15, -0.1) is 0 Å². The summed E-state index contributed by atoms with van der Waals surface area (Å²) in [5, 5.41) is 1.47. The van der Waals surface area contributed by atoms with Crippen molar-refractivity contribution in [3.8, 4) is 11.3 Å². The van der Waals surface area contributed by atoms with Crippen LogP contribution in [0.4, 0.5) is 4.39 Å². The lowest BCUT2D eigenvalue weighted by Crippen LogP contribution is -2.22. The number of nitrogens with zero attached hydrogens (tertiary/aromatic N) is 1. The standard InChI is InChI=1S/C26H24FN2O2P.C2H6/c1-18(2)24-23(25(29-26(30)28-24)19-13-15-20(27)16-14-19)17-32(31,21-9-5-3-6-10-21)22-11-7-4-8-12-22;1-2/h3-16,18H,17H2,1-2H3,(H,28,29,30);1-2H3. The fourth-order valence-electron chi connectivity index (χ4n) is 3.91. The maximum Gasteiger partial charge on any atom is 0.345 e. The summed E-state index contributed by atoms with van der Waals surface area (Å²) < 4.78 is 28.3. The molecule has 34 heavy (non-hydrogen) atoms. The van der Waals surface area contributed by atoms with Crippen molar-refractivity contribution >= 4 is 17.8 Å². The molecular formula is C28H30FN2O2P. The first kappa shape index (κ1) is 25.3. The quantitative estimate of drug-likeness (QED) is 0.335. The van der Waals surface area contributed by atoms with Crippen molar-refractivity contribution in [1.29, 1.82) is 0 Å². The molecule has 4 rings (SSSR count). The summed E-state index contributed by atoms with van der Waals surface area (Å²) in [6, 6.07) is 24.7. The molecule has 1 N–H and O–H groups in total. The van der Waals surface area contributed by atoms with E-state index in [9.17, 15) is 13.8 Å². The maximum absolute atomic E-state index is 14.7. The predicted octanol–water partition coefficient (Wildman–Crippen LogP) is 6.24. The summed E-state index contributed by atoms with van der Waals surface area (Å²) >= 11 is 0. The van der Waals surface area contributed by atoms with Gasteiger partial charge in [-0.1, -0.05) is 88.4 Å². The molecular weight excluding hydrogens is 446 g/mol. The number of rotatable bonds is 6. The predicted molar refractivity (Wildman–Crippen MR) is 139 cm³/mol. The number of hydrogen-bond donors (Lipinski definition) is 1. The number of hydrogen-bond acceptors (Lipinski definition) is 3. The largest absolute Gasteiger partial charge is 0.345 e. The Labute approximate surface area is 200 Å². The zero-order valence-corrected chi connectivity index (χ0v) is 20.9. The van der Waals surface area contributed by atoms with Crippen LogP contribution in [0.15, 0.2) is 89.7 Å². The van der Waals surface area contributed by atoms with Crippen LogP contribution >= 0.6 is 7.14 Å². The number of benzene rings is 3. The molecule has 4 aromatic rings. The van der Waals surface area contributed by atoms with Crippen LogP contribution in [0, 0.1) is 5.82 Å². The molecule has 1 heterocycles. The topological polar surface area (TPSA) is 62.8 Å². The lowest BCUT2D eigenvalue weighted by atomic mass is 10.00. The minimum Gasteiger partial charge on any atom is -0.313 e. The van der Waals surface area contributed by atoms with Gasteiger partial charge in [-0.2, -0.15) is 4.98 Å². The van der Waals surface area contributed by atoms with Crippen LogP contribution in [0.5, 0.6) is 0 Å². The third kappa shape index (κ3) is 5.43. The molecule has 6 heteroatoms. The monoisotopic (exact) mass is 476 g/mol. The Kier molecular flexibility index (Phi) is 8.36. The first-order valence-corrected chi connectivity index (χ1v) is 13.4. The zero-order valence-electron chi connectivity index (χ0n) is 20.0. The highest BCUT2D eigenvalue weighted by atomic mass is 31.2. The summed E-state index contributed by atoms with van der Waals surface area (Å²) in [6.07, 6.45) is 0.186. The van der Waals surface area contributed by atoms with Crippen LogP contribution in [-0.4, -0.2) is 9.97 Å². The van der Waals surface area contributed by atoms with Gasteiger partial charge in [-0.05, 0) is 30.2 Å². The lowest BCUT2D eigenvalue weighted by molar-refractivity contribution is 0.586. The average molecular weight is 477 g/mol. The average Bonchev–Trinajstić information content (AvgIpc) is 2.87. The fourth-order valence-corrected chi connectivity index (χ4v) is 6.64. The van der Waals surface area contributed by atoms with Gasteiger partial charge in [0.05, 0.1) is 5.69 Å². The number of H-pyrrole nitrogens is 1. The Bertz CT molecular complexity index is 1270. The maximum atomic E-state index is 14.7. The van der Waals surface area contributed by atoms with E-state index in [1.165, 1.54) is 12.1 Å². The van der Waals surface area contributed by atoms with Gasteiger partial charge >= 0.3 is 5.69 Å². The van der Waals surface area contributed by atoms with E-state index in [1.807, 2.05) is 88.4 Å². The van der Waals surface area contributed by atoms with E-state index in [0.29, 0.717) is 22.5 Å². The van der Waals surface area contributed by atoms with E-state index >= 15 is 0 Å². The SMILES string of the molecule is CC.CC(C)c1[nH]c(=O)nc(-c2ccc(F)cc2)c1CP(=O)(c1ccccc1)c1ccccc1. The number of aromatic amines is 1. The number of halogens is 1. The van der Waals surface area contributed by atoms with E-state index in [0.717, 1.165) is 10.6 Å². The lowest BCUT2D eigenvalue weighted by Gasteiger charge is -2.23. The van der Waals surface area contributed by atoms with Crippen molar-refractivity contribution in [2.75, 3.05) is 0 Å². The molecule has 0 bridgehead atoms. The minimum absolute atomic E-state index is 0.0279. The molecule has 0 aliphatic heterocycles. The van der Waals surface area contributed by atoms with Crippen molar-refractivity contribution in [3.63, 3.8) is 0 Å². The van der Waals surface area contributed by atoms with Crippen LogP contribution in [-0.2, 0) is 10.7 Å². The third-order valence-electron chi connectivity index (χ3n) is 5.49. The third-order valence-corrected chi connectivity index (χ3v) is 8.51. The highest BCUT2D eigenvalue weighted by Crippen LogP contribution is 2.49. The van der Waals surface area contributed by atoms with Crippen molar-refractivity contribution < 1.29 is 8.96 Å². The van der Waals surface area contributed by atoms with E-state index in [1.54, 1.807) is 12.1 Å². The molecule has 0 atom stereocenters. The van der Waals surface area contributed by atoms with Gasteiger partial charge in [-0.3, -0.25) is 0 Å². The van der Waals surface area contributed by atoms with Gasteiger partial charge in [0.2, 0.25) is 0 Å². The molecule has 3 aromatic carbocycles. The van der Waals surface area contributed by atoms with Crippen LogP contribution in [0.3, 0.4) is 0 Å². The Morgan fingerprint density at radius 1 is 0.853 bits per heavy atom. The molecule has 0 saturated heterocycles. The van der Waals surface area contributed by atoms with Crippen LogP contribution in [0.25, 0.3) is 11.3 Å². The van der Waals surface area contributed by atoms with Crippen molar-refractivity contribution in [2.45, 2.75) is 39.8 Å². The van der Waals surface area contributed by atoms with Crippen LogP contribution < -0.4 is 16.3 Å². The highest BCUT2D eigenvalue weighted by molar-refractivity contribution is 7.78. The van der Waals surface area contributed by atoms with Crippen molar-refractivity contribution in [3.05, 3.63) is 112 Å². The van der Waals surface area contributed by atoms with Crippen molar-refractivity contribution in [1.82, 2.24) is 9.97 Å². The first-order valence-electron chi connectivity index (χ1n) is 11.5. The van der Waals surface area contributed by atoms with Gasteiger partial charge in [0.1, 0.15) is 13.0 Å². The molecule has 1 aromatic heterocycles. The van der Waals surface area contributed by atoms with Gasteiger partial charge in [0.15, 0.2) is 0 Å². The summed E-state index contributed by atoms with van der Waals surface area (Å²) in [7, 11) is -3.12. The molecule has 0 fully saturated rings. The smallest absolute Gasteiger partial charge is 0.313 e. The number of nitrogens with one attached hydrogen (secondary N) is 1. The van der Waals surface area contributed by atoms with E-state index < -0.39 is 12.8 Å². The molecule has 0 saturated carbocycles. The van der Waals surface area contributed by atoms with Crippen LogP contribution in [0.1, 0.15) is 44.9 Å².